The summed E-state index contributed by atoms with van der Waals surface area (Å²) in [6, 6.07) is 9.77. The van der Waals surface area contributed by atoms with E-state index < -0.39 is 0 Å². The number of Topliss-reactive ketones (excluding diaryl/α,β-unsaturated/α-hetero) is 1. The van der Waals surface area contributed by atoms with Gasteiger partial charge in [0, 0.05) is 12.0 Å². The minimum atomic E-state index is 0.333. The molecule has 2 rings (SSSR count). The van der Waals surface area contributed by atoms with Crippen molar-refractivity contribution in [2.24, 2.45) is 11.8 Å². The summed E-state index contributed by atoms with van der Waals surface area (Å²) >= 11 is 0. The van der Waals surface area contributed by atoms with Gasteiger partial charge in [-0.1, -0.05) is 75.8 Å². The third-order valence-corrected chi connectivity index (χ3v) is 4.75. The van der Waals surface area contributed by atoms with E-state index in [0.717, 1.165) is 17.9 Å². The molecule has 0 unspecified atom stereocenters. The predicted molar refractivity (Wildman–Crippen MR) is 85.0 cm³/mol. The van der Waals surface area contributed by atoms with E-state index in [9.17, 15) is 4.79 Å². The molecule has 1 aromatic rings. The third-order valence-electron chi connectivity index (χ3n) is 4.75. The average molecular weight is 272 g/mol. The maximum Gasteiger partial charge on any atom is 0.163 e. The maximum absolute atomic E-state index is 12.2. The van der Waals surface area contributed by atoms with Crippen molar-refractivity contribution in [3.63, 3.8) is 0 Å². The molecule has 0 spiro atoms. The van der Waals surface area contributed by atoms with Crippen LogP contribution in [0.2, 0.25) is 0 Å². The molecule has 1 fully saturated rings. The van der Waals surface area contributed by atoms with E-state index >= 15 is 0 Å². The molecule has 0 atom stereocenters. The van der Waals surface area contributed by atoms with Crippen LogP contribution in [0.1, 0.15) is 75.1 Å². The Balaban J connectivity index is 1.70. The number of rotatable bonds is 7. The molecule has 0 heterocycles. The zero-order valence-corrected chi connectivity index (χ0v) is 12.8. The van der Waals surface area contributed by atoms with Gasteiger partial charge in [0.05, 0.1) is 0 Å². The number of hydrogen-bond acceptors (Lipinski definition) is 1. The van der Waals surface area contributed by atoms with E-state index in [0.29, 0.717) is 11.7 Å². The Hall–Kier alpha value is -1.11. The lowest BCUT2D eigenvalue weighted by molar-refractivity contribution is 0.0941. The minimum absolute atomic E-state index is 0.333. The van der Waals surface area contributed by atoms with Crippen LogP contribution in [0.15, 0.2) is 30.3 Å². The van der Waals surface area contributed by atoms with Crippen LogP contribution in [0.25, 0.3) is 0 Å². The lowest BCUT2D eigenvalue weighted by Gasteiger charge is -2.28. The zero-order chi connectivity index (χ0) is 14.2. The van der Waals surface area contributed by atoms with E-state index in [1.807, 2.05) is 30.3 Å². The fraction of sp³-hybridized carbons (Fsp3) is 0.632. The van der Waals surface area contributed by atoms with Crippen LogP contribution in [0, 0.1) is 11.8 Å². The largest absolute Gasteiger partial charge is 0.294 e. The number of hydrogen-bond donors (Lipinski definition) is 0. The fourth-order valence-electron chi connectivity index (χ4n) is 3.41. The van der Waals surface area contributed by atoms with Crippen molar-refractivity contribution in [2.45, 2.75) is 64.7 Å². The quantitative estimate of drug-likeness (QED) is 0.463. The van der Waals surface area contributed by atoms with Gasteiger partial charge in [-0.25, -0.2) is 0 Å². The van der Waals surface area contributed by atoms with Crippen molar-refractivity contribution in [1.29, 1.82) is 0 Å². The molecule has 0 N–H and O–H groups in total. The SMILES string of the molecule is CCCCCC1CCC(CC(=O)c2ccccc2)CC1. The summed E-state index contributed by atoms with van der Waals surface area (Å²) in [6.45, 7) is 2.27. The summed E-state index contributed by atoms with van der Waals surface area (Å²) in [6.07, 6.45) is 11.5. The molecule has 1 nitrogen and oxygen atoms in total. The van der Waals surface area contributed by atoms with Gasteiger partial charge in [-0.3, -0.25) is 4.79 Å². The number of unbranched alkanes of at least 4 members (excludes halogenated alkanes) is 2. The van der Waals surface area contributed by atoms with Gasteiger partial charge in [-0.15, -0.1) is 0 Å². The second kappa shape index (κ2) is 8.24. The summed E-state index contributed by atoms with van der Waals surface area (Å²) in [7, 11) is 0. The smallest absolute Gasteiger partial charge is 0.163 e. The molecule has 0 radical (unpaired) electrons. The molecule has 1 heteroatoms. The van der Waals surface area contributed by atoms with Crippen LogP contribution in [0.4, 0.5) is 0 Å². The van der Waals surface area contributed by atoms with Crippen LogP contribution in [0.5, 0.6) is 0 Å². The van der Waals surface area contributed by atoms with Gasteiger partial charge in [-0.05, 0) is 24.7 Å². The average Bonchev–Trinajstić information content (AvgIpc) is 2.50. The van der Waals surface area contributed by atoms with Gasteiger partial charge in [0.2, 0.25) is 0 Å². The second-order valence-corrected chi connectivity index (χ2v) is 6.38. The van der Waals surface area contributed by atoms with E-state index in [4.69, 9.17) is 0 Å². The first-order chi connectivity index (χ1) is 9.79. The highest BCUT2D eigenvalue weighted by molar-refractivity contribution is 5.96. The molecule has 1 saturated carbocycles. The summed E-state index contributed by atoms with van der Waals surface area (Å²) in [5.41, 5.74) is 0.887. The Morgan fingerprint density at radius 1 is 1.00 bits per heavy atom. The van der Waals surface area contributed by atoms with Crippen LogP contribution < -0.4 is 0 Å². The molecule has 0 bridgehead atoms. The summed E-state index contributed by atoms with van der Waals surface area (Å²) in [5, 5.41) is 0. The van der Waals surface area contributed by atoms with Crippen LogP contribution in [-0.2, 0) is 0 Å². The number of carbonyl (C=O) groups is 1. The topological polar surface area (TPSA) is 17.1 Å². The van der Waals surface area contributed by atoms with Crippen molar-refractivity contribution >= 4 is 5.78 Å². The molecule has 1 aliphatic carbocycles. The molecule has 0 aromatic heterocycles. The Kier molecular flexibility index (Phi) is 6.29. The van der Waals surface area contributed by atoms with Gasteiger partial charge >= 0.3 is 0 Å². The van der Waals surface area contributed by atoms with Crippen LogP contribution >= 0.6 is 0 Å². The molecular formula is C19H28O. The van der Waals surface area contributed by atoms with Crippen molar-refractivity contribution in [3.8, 4) is 0 Å². The zero-order valence-electron chi connectivity index (χ0n) is 12.8. The van der Waals surface area contributed by atoms with E-state index in [-0.39, 0.29) is 0 Å². The van der Waals surface area contributed by atoms with Gasteiger partial charge in [-0.2, -0.15) is 0 Å². The molecule has 0 saturated heterocycles. The number of benzene rings is 1. The number of carbonyl (C=O) groups excluding carboxylic acids is 1. The first-order valence-electron chi connectivity index (χ1n) is 8.37. The van der Waals surface area contributed by atoms with Gasteiger partial charge in [0.1, 0.15) is 0 Å². The Bertz CT molecular complexity index is 387. The first-order valence-corrected chi connectivity index (χ1v) is 8.37. The molecule has 20 heavy (non-hydrogen) atoms. The van der Waals surface area contributed by atoms with Gasteiger partial charge in [0.25, 0.3) is 0 Å². The molecule has 0 amide bonds. The molecular weight excluding hydrogens is 244 g/mol. The van der Waals surface area contributed by atoms with Crippen LogP contribution in [-0.4, -0.2) is 5.78 Å². The highest BCUT2D eigenvalue weighted by atomic mass is 16.1. The lowest BCUT2D eigenvalue weighted by Crippen LogP contribution is -2.17. The highest BCUT2D eigenvalue weighted by Crippen LogP contribution is 2.34. The van der Waals surface area contributed by atoms with Crippen molar-refractivity contribution in [2.75, 3.05) is 0 Å². The molecule has 1 aliphatic rings. The van der Waals surface area contributed by atoms with Crippen molar-refractivity contribution in [1.82, 2.24) is 0 Å². The number of ketones is 1. The Morgan fingerprint density at radius 3 is 2.30 bits per heavy atom. The maximum atomic E-state index is 12.2. The molecule has 110 valence electrons. The summed E-state index contributed by atoms with van der Waals surface area (Å²) in [4.78, 5) is 12.2. The highest BCUT2D eigenvalue weighted by Gasteiger charge is 2.23. The summed E-state index contributed by atoms with van der Waals surface area (Å²) < 4.78 is 0. The fourth-order valence-corrected chi connectivity index (χ4v) is 3.41. The van der Waals surface area contributed by atoms with Crippen molar-refractivity contribution < 1.29 is 4.79 Å². The van der Waals surface area contributed by atoms with E-state index in [1.54, 1.807) is 0 Å². The van der Waals surface area contributed by atoms with Crippen molar-refractivity contribution in [3.05, 3.63) is 35.9 Å². The predicted octanol–water partition coefficient (Wildman–Crippen LogP) is 5.65. The van der Waals surface area contributed by atoms with E-state index in [2.05, 4.69) is 6.92 Å². The van der Waals surface area contributed by atoms with Crippen LogP contribution in [0.3, 0.4) is 0 Å². The normalized spacial score (nSPS) is 22.6. The molecule has 1 aromatic carbocycles. The van der Waals surface area contributed by atoms with Gasteiger partial charge in [0.15, 0.2) is 5.78 Å². The lowest BCUT2D eigenvalue weighted by atomic mass is 9.77. The standard InChI is InChI=1S/C19H28O/c1-2-3-5-8-16-11-13-17(14-12-16)15-19(20)18-9-6-4-7-10-18/h4,6-7,9-10,16-17H,2-3,5,8,11-15H2,1H3. The van der Waals surface area contributed by atoms with E-state index in [1.165, 1.54) is 51.4 Å². The first kappa shape index (κ1) is 15.3. The third kappa shape index (κ3) is 4.77. The monoisotopic (exact) mass is 272 g/mol. The Labute approximate surface area is 123 Å². The molecule has 0 aliphatic heterocycles. The summed E-state index contributed by atoms with van der Waals surface area (Å²) in [5.74, 6) is 1.90. The Morgan fingerprint density at radius 2 is 1.65 bits per heavy atom. The van der Waals surface area contributed by atoms with Gasteiger partial charge < -0.3 is 0 Å². The second-order valence-electron chi connectivity index (χ2n) is 6.38. The minimum Gasteiger partial charge on any atom is -0.294 e.